The van der Waals surface area contributed by atoms with Gasteiger partial charge in [-0.25, -0.2) is 0 Å². The van der Waals surface area contributed by atoms with Gasteiger partial charge in [-0.15, -0.1) is 0 Å². The van der Waals surface area contributed by atoms with Crippen molar-refractivity contribution in [1.29, 1.82) is 0 Å². The van der Waals surface area contributed by atoms with E-state index in [0.717, 1.165) is 62.9 Å². The summed E-state index contributed by atoms with van der Waals surface area (Å²) in [7, 11) is 0. The van der Waals surface area contributed by atoms with Crippen LogP contribution < -0.4 is 5.32 Å². The highest BCUT2D eigenvalue weighted by Gasteiger charge is 2.30. The number of hydrogen-bond acceptors (Lipinski definition) is 2. The second-order valence-electron chi connectivity index (χ2n) is 6.91. The van der Waals surface area contributed by atoms with Crippen LogP contribution in [0.5, 0.6) is 0 Å². The van der Waals surface area contributed by atoms with Crippen molar-refractivity contribution in [3.05, 3.63) is 35.4 Å². The second-order valence-corrected chi connectivity index (χ2v) is 6.91. The van der Waals surface area contributed by atoms with E-state index in [0.29, 0.717) is 6.54 Å². The summed E-state index contributed by atoms with van der Waals surface area (Å²) in [6.07, 6.45) is 0.809. The van der Waals surface area contributed by atoms with Gasteiger partial charge in [0.15, 0.2) is 0 Å². The van der Waals surface area contributed by atoms with Crippen LogP contribution in [0.1, 0.15) is 43.2 Å². The van der Waals surface area contributed by atoms with Gasteiger partial charge in [0.05, 0.1) is 5.56 Å². The molecule has 3 nitrogen and oxygen atoms in total. The lowest BCUT2D eigenvalue weighted by Gasteiger charge is -2.35. The monoisotopic (exact) mass is 340 g/mol. The predicted octanol–water partition coefficient (Wildman–Crippen LogP) is 3.59. The molecule has 1 aliphatic heterocycles. The van der Waals surface area contributed by atoms with Gasteiger partial charge in [-0.1, -0.05) is 18.6 Å². The SMILES string of the molecule is O=C(NC1CCCN(Cc2ccc(C(F)(F)F)cc2)C1)C1CCC1. The molecule has 1 unspecified atom stereocenters. The number of likely N-dealkylation sites (tertiary alicyclic amines) is 1. The van der Waals surface area contributed by atoms with Crippen LogP contribution in [0, 0.1) is 5.92 Å². The molecule has 1 aliphatic carbocycles. The summed E-state index contributed by atoms with van der Waals surface area (Å²) in [5.41, 5.74) is 0.254. The Morgan fingerprint density at radius 2 is 1.83 bits per heavy atom. The normalized spacial score (nSPS) is 22.9. The summed E-state index contributed by atoms with van der Waals surface area (Å²) in [5.74, 6) is 0.359. The van der Waals surface area contributed by atoms with E-state index in [1.807, 2.05) is 0 Å². The van der Waals surface area contributed by atoms with Crippen LogP contribution in [-0.4, -0.2) is 29.9 Å². The van der Waals surface area contributed by atoms with Crippen molar-refractivity contribution in [3.63, 3.8) is 0 Å². The highest BCUT2D eigenvalue weighted by atomic mass is 19.4. The van der Waals surface area contributed by atoms with Gasteiger partial charge >= 0.3 is 6.18 Å². The van der Waals surface area contributed by atoms with Gasteiger partial charge in [-0.05, 0) is 49.9 Å². The first-order chi connectivity index (χ1) is 11.4. The number of carbonyl (C=O) groups excluding carboxylic acids is 1. The van der Waals surface area contributed by atoms with Crippen LogP contribution in [-0.2, 0) is 17.5 Å². The van der Waals surface area contributed by atoms with E-state index in [1.54, 1.807) is 12.1 Å². The first-order valence-corrected chi connectivity index (χ1v) is 8.61. The maximum Gasteiger partial charge on any atom is 0.416 e. The highest BCUT2D eigenvalue weighted by molar-refractivity contribution is 5.79. The third-order valence-electron chi connectivity index (χ3n) is 5.02. The molecule has 2 aliphatic rings. The van der Waals surface area contributed by atoms with Gasteiger partial charge in [0.25, 0.3) is 0 Å². The first-order valence-electron chi connectivity index (χ1n) is 8.61. The Bertz CT molecular complexity index is 567. The fourth-order valence-electron chi connectivity index (χ4n) is 3.36. The van der Waals surface area contributed by atoms with E-state index in [9.17, 15) is 18.0 Å². The molecule has 1 saturated heterocycles. The topological polar surface area (TPSA) is 32.3 Å². The number of benzene rings is 1. The predicted molar refractivity (Wildman–Crippen MR) is 85.2 cm³/mol. The van der Waals surface area contributed by atoms with Crippen molar-refractivity contribution in [2.75, 3.05) is 13.1 Å². The average molecular weight is 340 g/mol. The molecule has 3 rings (SSSR count). The lowest BCUT2D eigenvalue weighted by Crippen LogP contribution is -2.49. The van der Waals surface area contributed by atoms with E-state index in [-0.39, 0.29) is 17.9 Å². The summed E-state index contributed by atoms with van der Waals surface area (Å²) in [4.78, 5) is 14.3. The van der Waals surface area contributed by atoms with Crippen molar-refractivity contribution < 1.29 is 18.0 Å². The third-order valence-corrected chi connectivity index (χ3v) is 5.02. The summed E-state index contributed by atoms with van der Waals surface area (Å²) < 4.78 is 37.8. The smallest absolute Gasteiger partial charge is 0.352 e. The molecule has 0 spiro atoms. The molecule has 6 heteroatoms. The Kier molecular flexibility index (Phi) is 5.13. The van der Waals surface area contributed by atoms with Gasteiger partial charge in [0.1, 0.15) is 0 Å². The van der Waals surface area contributed by atoms with Crippen molar-refractivity contribution in [2.24, 2.45) is 5.92 Å². The minimum Gasteiger partial charge on any atom is -0.352 e. The summed E-state index contributed by atoms with van der Waals surface area (Å²) in [6.45, 7) is 2.30. The minimum absolute atomic E-state index is 0.154. The number of rotatable bonds is 4. The molecule has 1 heterocycles. The Morgan fingerprint density at radius 3 is 2.42 bits per heavy atom. The number of halogens is 3. The third kappa shape index (κ3) is 4.29. The molecule has 1 aromatic carbocycles. The van der Waals surface area contributed by atoms with Crippen molar-refractivity contribution in [2.45, 2.75) is 50.9 Å². The van der Waals surface area contributed by atoms with E-state index < -0.39 is 11.7 Å². The highest BCUT2D eigenvalue weighted by Crippen LogP contribution is 2.29. The number of nitrogens with one attached hydrogen (secondary N) is 1. The zero-order valence-electron chi connectivity index (χ0n) is 13.6. The summed E-state index contributed by atoms with van der Waals surface area (Å²) in [5, 5.41) is 3.14. The van der Waals surface area contributed by atoms with E-state index in [2.05, 4.69) is 10.2 Å². The molecule has 132 valence electrons. The van der Waals surface area contributed by atoms with Crippen LogP contribution >= 0.6 is 0 Å². The van der Waals surface area contributed by atoms with Crippen LogP contribution in [0.15, 0.2) is 24.3 Å². The van der Waals surface area contributed by atoms with Crippen LogP contribution in [0.3, 0.4) is 0 Å². The molecule has 1 atom stereocenters. The number of amides is 1. The average Bonchev–Trinajstić information content (AvgIpc) is 2.45. The standard InChI is InChI=1S/C18H23F3N2O/c19-18(20,21)15-8-6-13(7-9-15)11-23-10-2-5-16(12-23)22-17(24)14-3-1-4-14/h6-9,14,16H,1-5,10-12H2,(H,22,24). The maximum absolute atomic E-state index is 12.6. The molecule has 1 saturated carbocycles. The fraction of sp³-hybridized carbons (Fsp3) is 0.611. The maximum atomic E-state index is 12.6. The van der Waals surface area contributed by atoms with E-state index in [4.69, 9.17) is 0 Å². The van der Waals surface area contributed by atoms with Gasteiger partial charge < -0.3 is 5.32 Å². The Balaban J connectivity index is 1.52. The zero-order valence-corrected chi connectivity index (χ0v) is 13.6. The molecular weight excluding hydrogens is 317 g/mol. The Morgan fingerprint density at radius 1 is 1.12 bits per heavy atom. The number of nitrogens with zero attached hydrogens (tertiary/aromatic N) is 1. The van der Waals surface area contributed by atoms with Crippen LogP contribution in [0.4, 0.5) is 13.2 Å². The van der Waals surface area contributed by atoms with Gasteiger partial charge in [-0.3, -0.25) is 9.69 Å². The Labute approximate surface area is 140 Å². The van der Waals surface area contributed by atoms with E-state index >= 15 is 0 Å². The van der Waals surface area contributed by atoms with Crippen molar-refractivity contribution >= 4 is 5.91 Å². The number of alkyl halides is 3. The van der Waals surface area contributed by atoms with Gasteiger partial charge in [-0.2, -0.15) is 13.2 Å². The molecular formula is C18H23F3N2O. The number of carbonyl (C=O) groups is 1. The minimum atomic E-state index is -4.29. The van der Waals surface area contributed by atoms with Crippen LogP contribution in [0.25, 0.3) is 0 Å². The van der Waals surface area contributed by atoms with Crippen molar-refractivity contribution in [3.8, 4) is 0 Å². The first kappa shape index (κ1) is 17.3. The molecule has 1 N–H and O–H groups in total. The van der Waals surface area contributed by atoms with E-state index in [1.165, 1.54) is 0 Å². The van der Waals surface area contributed by atoms with Gasteiger partial charge in [0, 0.05) is 25.0 Å². The fourth-order valence-corrected chi connectivity index (χ4v) is 3.36. The molecule has 2 fully saturated rings. The quantitative estimate of drug-likeness (QED) is 0.908. The lowest BCUT2D eigenvalue weighted by molar-refractivity contribution is -0.137. The number of hydrogen-bond donors (Lipinski definition) is 1. The second kappa shape index (κ2) is 7.13. The van der Waals surface area contributed by atoms with Gasteiger partial charge in [0.2, 0.25) is 5.91 Å². The van der Waals surface area contributed by atoms with Crippen molar-refractivity contribution in [1.82, 2.24) is 10.2 Å². The summed E-state index contributed by atoms with van der Waals surface area (Å²) >= 11 is 0. The largest absolute Gasteiger partial charge is 0.416 e. The molecule has 0 radical (unpaired) electrons. The molecule has 0 bridgehead atoms. The molecule has 1 amide bonds. The summed E-state index contributed by atoms with van der Waals surface area (Å²) in [6, 6.07) is 5.50. The molecule has 0 aromatic heterocycles. The number of piperidine rings is 1. The van der Waals surface area contributed by atoms with Crippen LogP contribution in [0.2, 0.25) is 0 Å². The Hall–Kier alpha value is -1.56. The molecule has 1 aromatic rings. The lowest BCUT2D eigenvalue weighted by atomic mass is 9.84. The zero-order chi connectivity index (χ0) is 17.2. The molecule has 24 heavy (non-hydrogen) atoms.